The van der Waals surface area contributed by atoms with Crippen LogP contribution in [-0.4, -0.2) is 24.6 Å². The highest BCUT2D eigenvalue weighted by molar-refractivity contribution is 6.45. The van der Waals surface area contributed by atoms with Crippen molar-refractivity contribution in [1.29, 1.82) is 10.7 Å². The molecule has 7 heteroatoms. The Morgan fingerprint density at radius 2 is 2.26 bits per heavy atom. The maximum atomic E-state index is 11.4. The van der Waals surface area contributed by atoms with Crippen LogP contribution >= 0.6 is 0 Å². The number of nitriles is 1. The number of nitrogens with zero attached hydrogens (tertiary/aromatic N) is 2. The van der Waals surface area contributed by atoms with Crippen molar-refractivity contribution in [2.75, 3.05) is 12.5 Å². The second-order valence-electron chi connectivity index (χ2n) is 3.62. The van der Waals surface area contributed by atoms with Crippen LogP contribution in [0.2, 0.25) is 0 Å². The highest BCUT2D eigenvalue weighted by atomic mass is 16.5. The number of aryl methyl sites for hydroxylation is 1. The number of carbonyl (C=O) groups excluding carboxylic acids is 1. The molecule has 0 amide bonds. The number of nitrogens with one attached hydrogen (secondary N) is 2. The third kappa shape index (κ3) is 3.54. The molecule has 19 heavy (non-hydrogen) atoms. The lowest BCUT2D eigenvalue weighted by Gasteiger charge is -2.07. The van der Waals surface area contributed by atoms with E-state index >= 15 is 0 Å². The van der Waals surface area contributed by atoms with Crippen molar-refractivity contribution < 1.29 is 9.53 Å². The van der Waals surface area contributed by atoms with Gasteiger partial charge in [-0.15, -0.1) is 0 Å². The highest BCUT2D eigenvalue weighted by Crippen LogP contribution is 2.17. The van der Waals surface area contributed by atoms with E-state index in [1.54, 1.807) is 31.2 Å². The topological polar surface area (TPSA) is 124 Å². The Bertz CT molecular complexity index is 586. The molecule has 0 atom stereocenters. The predicted octanol–water partition coefficient (Wildman–Crippen LogP) is 1.01. The van der Waals surface area contributed by atoms with Crippen molar-refractivity contribution >= 4 is 23.2 Å². The average Bonchev–Trinajstić information content (AvgIpc) is 2.40. The van der Waals surface area contributed by atoms with Crippen LogP contribution in [0.25, 0.3) is 0 Å². The standard InChI is InChI=1S/C12H13N5O2/c1-7-3-4-8(12(18)19-2)5-9(7)16-17-10(6-13)11(14)15/h3-5,16H,1-2H3,(H3,14,15)/b17-10+. The first-order valence-corrected chi connectivity index (χ1v) is 5.26. The molecule has 0 unspecified atom stereocenters. The molecule has 0 spiro atoms. The van der Waals surface area contributed by atoms with Crippen molar-refractivity contribution in [3.8, 4) is 6.07 Å². The minimum absolute atomic E-state index is 0.233. The van der Waals surface area contributed by atoms with E-state index in [2.05, 4.69) is 15.3 Å². The molecule has 0 heterocycles. The summed E-state index contributed by atoms with van der Waals surface area (Å²) in [6, 6.07) is 6.56. The van der Waals surface area contributed by atoms with E-state index in [1.165, 1.54) is 7.11 Å². The van der Waals surface area contributed by atoms with Crippen LogP contribution in [0.4, 0.5) is 5.69 Å². The summed E-state index contributed by atoms with van der Waals surface area (Å²) in [5.74, 6) is -0.907. The lowest BCUT2D eigenvalue weighted by Crippen LogP contribution is -2.22. The first-order chi connectivity index (χ1) is 8.99. The number of esters is 1. The molecule has 0 aliphatic carbocycles. The molecule has 0 fully saturated rings. The number of methoxy groups -OCH3 is 1. The minimum atomic E-state index is -0.473. The fourth-order valence-corrected chi connectivity index (χ4v) is 1.25. The van der Waals surface area contributed by atoms with Gasteiger partial charge in [0, 0.05) is 0 Å². The Hall–Kier alpha value is -2.88. The molecule has 98 valence electrons. The second kappa shape index (κ2) is 6.16. The minimum Gasteiger partial charge on any atom is -0.465 e. The maximum Gasteiger partial charge on any atom is 0.337 e. The smallest absolute Gasteiger partial charge is 0.337 e. The normalized spacial score (nSPS) is 10.5. The van der Waals surface area contributed by atoms with Crippen molar-refractivity contribution in [2.45, 2.75) is 6.92 Å². The Kier molecular flexibility index (Phi) is 4.60. The Balaban J connectivity index is 3.05. The van der Waals surface area contributed by atoms with E-state index in [9.17, 15) is 4.79 Å². The summed E-state index contributed by atoms with van der Waals surface area (Å²) in [7, 11) is 1.29. The maximum absolute atomic E-state index is 11.4. The summed E-state index contributed by atoms with van der Waals surface area (Å²) in [5.41, 5.74) is 9.23. The van der Waals surface area contributed by atoms with Gasteiger partial charge < -0.3 is 10.5 Å². The SMILES string of the molecule is COC(=O)c1ccc(C)c(N/N=C(\C#N)C(=N)N)c1. The third-order valence-corrected chi connectivity index (χ3v) is 2.31. The summed E-state index contributed by atoms with van der Waals surface area (Å²) in [4.78, 5) is 11.4. The van der Waals surface area contributed by atoms with Gasteiger partial charge in [0.05, 0.1) is 18.4 Å². The molecule has 0 aromatic heterocycles. The molecule has 0 radical (unpaired) electrons. The van der Waals surface area contributed by atoms with E-state index in [0.717, 1.165) is 5.56 Å². The molecular weight excluding hydrogens is 246 g/mol. The number of benzene rings is 1. The quantitative estimate of drug-likeness (QED) is 0.322. The fraction of sp³-hybridized carbons (Fsp3) is 0.167. The van der Waals surface area contributed by atoms with Gasteiger partial charge in [-0.2, -0.15) is 10.4 Å². The molecule has 0 bridgehead atoms. The molecule has 0 saturated carbocycles. The molecule has 0 aliphatic rings. The number of hydrogen-bond donors (Lipinski definition) is 3. The zero-order chi connectivity index (χ0) is 14.4. The molecule has 7 nitrogen and oxygen atoms in total. The van der Waals surface area contributed by atoms with Crippen LogP contribution in [0.3, 0.4) is 0 Å². The van der Waals surface area contributed by atoms with E-state index in [-0.39, 0.29) is 5.71 Å². The Morgan fingerprint density at radius 3 is 2.79 bits per heavy atom. The predicted molar refractivity (Wildman–Crippen MR) is 71.1 cm³/mol. The number of hydrazone groups is 1. The highest BCUT2D eigenvalue weighted by Gasteiger charge is 2.08. The Labute approximate surface area is 110 Å². The first-order valence-electron chi connectivity index (χ1n) is 5.26. The van der Waals surface area contributed by atoms with Gasteiger partial charge in [0.25, 0.3) is 0 Å². The van der Waals surface area contributed by atoms with Gasteiger partial charge in [-0.25, -0.2) is 4.79 Å². The third-order valence-electron chi connectivity index (χ3n) is 2.31. The number of amidine groups is 1. The van der Waals surface area contributed by atoms with Crippen molar-refractivity contribution in [1.82, 2.24) is 0 Å². The molecular formula is C12H13N5O2. The monoisotopic (exact) mass is 259 g/mol. The van der Waals surface area contributed by atoms with Gasteiger partial charge in [0.15, 0.2) is 5.84 Å². The van der Waals surface area contributed by atoms with Crippen LogP contribution in [-0.2, 0) is 4.74 Å². The number of anilines is 1. The van der Waals surface area contributed by atoms with Crippen molar-refractivity contribution in [2.24, 2.45) is 10.8 Å². The van der Waals surface area contributed by atoms with E-state index in [0.29, 0.717) is 11.3 Å². The van der Waals surface area contributed by atoms with Crippen LogP contribution in [0.15, 0.2) is 23.3 Å². The lowest BCUT2D eigenvalue weighted by atomic mass is 10.1. The van der Waals surface area contributed by atoms with Crippen molar-refractivity contribution in [3.05, 3.63) is 29.3 Å². The number of rotatable bonds is 4. The molecule has 1 aromatic rings. The van der Waals surface area contributed by atoms with Crippen LogP contribution in [0.5, 0.6) is 0 Å². The van der Waals surface area contributed by atoms with Crippen LogP contribution in [0, 0.1) is 23.7 Å². The van der Waals surface area contributed by atoms with Crippen LogP contribution in [0.1, 0.15) is 15.9 Å². The van der Waals surface area contributed by atoms with Gasteiger partial charge in [0.1, 0.15) is 6.07 Å². The molecule has 0 saturated heterocycles. The zero-order valence-electron chi connectivity index (χ0n) is 10.5. The molecule has 0 aliphatic heterocycles. The largest absolute Gasteiger partial charge is 0.465 e. The van der Waals surface area contributed by atoms with E-state index in [4.69, 9.17) is 16.4 Å². The lowest BCUT2D eigenvalue weighted by molar-refractivity contribution is 0.0601. The van der Waals surface area contributed by atoms with Gasteiger partial charge in [0.2, 0.25) is 5.71 Å². The first kappa shape index (κ1) is 14.2. The second-order valence-corrected chi connectivity index (χ2v) is 3.62. The summed E-state index contributed by atoms with van der Waals surface area (Å²) in [6.45, 7) is 1.80. The average molecular weight is 259 g/mol. The van der Waals surface area contributed by atoms with Gasteiger partial charge in [-0.05, 0) is 24.6 Å². The van der Waals surface area contributed by atoms with E-state index < -0.39 is 11.8 Å². The molecule has 1 rings (SSSR count). The summed E-state index contributed by atoms with van der Waals surface area (Å²) in [5, 5.41) is 19.5. The van der Waals surface area contributed by atoms with Crippen LogP contribution < -0.4 is 11.2 Å². The van der Waals surface area contributed by atoms with Gasteiger partial charge in [-0.3, -0.25) is 10.8 Å². The Morgan fingerprint density at radius 1 is 1.58 bits per heavy atom. The summed E-state index contributed by atoms with van der Waals surface area (Å²) >= 11 is 0. The zero-order valence-corrected chi connectivity index (χ0v) is 10.5. The summed E-state index contributed by atoms with van der Waals surface area (Å²) in [6.07, 6.45) is 0. The van der Waals surface area contributed by atoms with Crippen molar-refractivity contribution in [3.63, 3.8) is 0 Å². The molecule has 4 N–H and O–H groups in total. The number of ether oxygens (including phenoxy) is 1. The number of hydrogen-bond acceptors (Lipinski definition) is 6. The summed E-state index contributed by atoms with van der Waals surface area (Å²) < 4.78 is 4.61. The molecule has 1 aromatic carbocycles. The number of nitrogens with two attached hydrogens (primary N) is 1. The van der Waals surface area contributed by atoms with Gasteiger partial charge in [-0.1, -0.05) is 6.07 Å². The van der Waals surface area contributed by atoms with Gasteiger partial charge >= 0.3 is 5.97 Å². The van der Waals surface area contributed by atoms with E-state index in [1.807, 2.05) is 0 Å². The fourth-order valence-electron chi connectivity index (χ4n) is 1.25. The number of carbonyl (C=O) groups is 1.